The Balaban J connectivity index is 1.65. The quantitative estimate of drug-likeness (QED) is 0.759. The summed E-state index contributed by atoms with van der Waals surface area (Å²) < 4.78 is 0. The van der Waals surface area contributed by atoms with Gasteiger partial charge >= 0.3 is 0 Å². The Hall–Kier alpha value is -1.24. The van der Waals surface area contributed by atoms with E-state index < -0.39 is 0 Å². The molecule has 0 saturated heterocycles. The summed E-state index contributed by atoms with van der Waals surface area (Å²) in [5.74, 6) is 1.71. The summed E-state index contributed by atoms with van der Waals surface area (Å²) in [5.41, 5.74) is 2.92. The first kappa shape index (κ1) is 11.8. The third kappa shape index (κ3) is 2.07. The highest BCUT2D eigenvalue weighted by Gasteiger charge is 2.40. The minimum absolute atomic E-state index is 0.244. The molecule has 1 aromatic carbocycles. The van der Waals surface area contributed by atoms with Crippen molar-refractivity contribution in [1.82, 2.24) is 0 Å². The molecule has 1 aromatic rings. The minimum Gasteiger partial charge on any atom is -0.382 e. The standard InChI is InChI=1S/C17H23N/c1-17(2,3)13-7-9-14(10-8-13)18-16-11-12-5-4-6-15(12)16/h4,6-10,12,15-16,18H,5,11H2,1-3H3. The Morgan fingerprint density at radius 1 is 1.11 bits per heavy atom. The van der Waals surface area contributed by atoms with E-state index in [0.29, 0.717) is 6.04 Å². The fourth-order valence-electron chi connectivity index (χ4n) is 3.16. The van der Waals surface area contributed by atoms with E-state index in [1.165, 1.54) is 24.1 Å². The Bertz CT molecular complexity index is 449. The molecule has 2 aliphatic carbocycles. The summed E-state index contributed by atoms with van der Waals surface area (Å²) in [5, 5.41) is 3.68. The summed E-state index contributed by atoms with van der Waals surface area (Å²) in [4.78, 5) is 0. The van der Waals surface area contributed by atoms with Gasteiger partial charge in [0.1, 0.15) is 0 Å². The zero-order valence-electron chi connectivity index (χ0n) is 11.6. The van der Waals surface area contributed by atoms with Crippen LogP contribution in [0.5, 0.6) is 0 Å². The number of anilines is 1. The van der Waals surface area contributed by atoms with Crippen LogP contribution in [-0.2, 0) is 5.41 Å². The van der Waals surface area contributed by atoms with Gasteiger partial charge in [-0.15, -0.1) is 0 Å². The molecular weight excluding hydrogens is 218 g/mol. The molecule has 3 unspecified atom stereocenters. The fraction of sp³-hybridized carbons (Fsp3) is 0.529. The molecule has 0 aromatic heterocycles. The average Bonchev–Trinajstić information content (AvgIpc) is 2.67. The first-order valence-corrected chi connectivity index (χ1v) is 7.08. The van der Waals surface area contributed by atoms with Crippen LogP contribution < -0.4 is 5.32 Å². The van der Waals surface area contributed by atoms with E-state index >= 15 is 0 Å². The van der Waals surface area contributed by atoms with Crippen molar-refractivity contribution in [1.29, 1.82) is 0 Å². The number of rotatable bonds is 2. The molecule has 2 aliphatic rings. The van der Waals surface area contributed by atoms with Gasteiger partial charge in [0, 0.05) is 17.6 Å². The van der Waals surface area contributed by atoms with Gasteiger partial charge in [-0.1, -0.05) is 45.1 Å². The highest BCUT2D eigenvalue weighted by Crippen LogP contribution is 2.44. The molecule has 0 aliphatic heterocycles. The highest BCUT2D eigenvalue weighted by atomic mass is 14.9. The third-order valence-corrected chi connectivity index (χ3v) is 4.47. The summed E-state index contributed by atoms with van der Waals surface area (Å²) in [6.45, 7) is 6.78. The lowest BCUT2D eigenvalue weighted by molar-refractivity contribution is 0.218. The van der Waals surface area contributed by atoms with Crippen LogP contribution in [0.1, 0.15) is 39.2 Å². The van der Waals surface area contributed by atoms with E-state index in [-0.39, 0.29) is 5.41 Å². The van der Waals surface area contributed by atoms with E-state index in [0.717, 1.165) is 11.8 Å². The van der Waals surface area contributed by atoms with Crippen molar-refractivity contribution in [3.8, 4) is 0 Å². The maximum Gasteiger partial charge on any atom is 0.0342 e. The molecule has 3 atom stereocenters. The second-order valence-corrected chi connectivity index (χ2v) is 6.82. The Kier molecular flexibility index (Phi) is 2.73. The van der Waals surface area contributed by atoms with Crippen LogP contribution in [0.15, 0.2) is 36.4 Å². The van der Waals surface area contributed by atoms with E-state index in [1.807, 2.05) is 0 Å². The van der Waals surface area contributed by atoms with Gasteiger partial charge in [0.15, 0.2) is 0 Å². The van der Waals surface area contributed by atoms with E-state index in [4.69, 9.17) is 0 Å². The molecule has 0 spiro atoms. The topological polar surface area (TPSA) is 12.0 Å². The van der Waals surface area contributed by atoms with Crippen molar-refractivity contribution < 1.29 is 0 Å². The van der Waals surface area contributed by atoms with Gasteiger partial charge in [0.05, 0.1) is 0 Å². The molecule has 1 heteroatoms. The number of hydrogen-bond acceptors (Lipinski definition) is 1. The fourth-order valence-corrected chi connectivity index (χ4v) is 3.16. The maximum atomic E-state index is 3.68. The largest absolute Gasteiger partial charge is 0.382 e. The lowest BCUT2D eigenvalue weighted by Crippen LogP contribution is -2.43. The van der Waals surface area contributed by atoms with Crippen LogP contribution in [-0.4, -0.2) is 6.04 Å². The molecule has 3 rings (SSSR count). The van der Waals surface area contributed by atoms with Crippen LogP contribution in [0.2, 0.25) is 0 Å². The molecule has 0 heterocycles. The van der Waals surface area contributed by atoms with Crippen molar-refractivity contribution in [3.05, 3.63) is 42.0 Å². The molecule has 1 N–H and O–H groups in total. The predicted molar refractivity (Wildman–Crippen MR) is 77.9 cm³/mol. The number of nitrogens with one attached hydrogen (secondary N) is 1. The molecule has 18 heavy (non-hydrogen) atoms. The Morgan fingerprint density at radius 2 is 1.83 bits per heavy atom. The van der Waals surface area contributed by atoms with Crippen LogP contribution in [0, 0.1) is 11.8 Å². The van der Waals surface area contributed by atoms with E-state index in [9.17, 15) is 0 Å². The summed E-state index contributed by atoms with van der Waals surface area (Å²) in [6.07, 6.45) is 7.37. The SMILES string of the molecule is CC(C)(C)c1ccc(NC2CC3CC=CC32)cc1. The van der Waals surface area contributed by atoms with Crippen LogP contribution in [0.3, 0.4) is 0 Å². The van der Waals surface area contributed by atoms with Gasteiger partial charge in [0.2, 0.25) is 0 Å². The summed E-state index contributed by atoms with van der Waals surface area (Å²) in [6, 6.07) is 9.62. The molecule has 0 bridgehead atoms. The van der Waals surface area contributed by atoms with Crippen molar-refractivity contribution in [2.24, 2.45) is 11.8 Å². The second kappa shape index (κ2) is 4.15. The molecular formula is C17H23N. The zero-order valence-corrected chi connectivity index (χ0v) is 11.6. The minimum atomic E-state index is 0.244. The van der Waals surface area contributed by atoms with Gasteiger partial charge in [-0.25, -0.2) is 0 Å². The van der Waals surface area contributed by atoms with Crippen LogP contribution in [0.4, 0.5) is 5.69 Å². The van der Waals surface area contributed by atoms with Gasteiger partial charge < -0.3 is 5.32 Å². The first-order chi connectivity index (χ1) is 8.54. The van der Waals surface area contributed by atoms with Gasteiger partial charge in [0.25, 0.3) is 0 Å². The molecule has 1 fully saturated rings. The number of hydrogen-bond donors (Lipinski definition) is 1. The highest BCUT2D eigenvalue weighted by molar-refractivity contribution is 5.47. The lowest BCUT2D eigenvalue weighted by atomic mass is 9.71. The third-order valence-electron chi connectivity index (χ3n) is 4.47. The van der Waals surface area contributed by atoms with Crippen molar-refractivity contribution in [2.45, 2.75) is 45.1 Å². The van der Waals surface area contributed by atoms with E-state index in [1.54, 1.807) is 0 Å². The lowest BCUT2D eigenvalue weighted by Gasteiger charge is -2.41. The van der Waals surface area contributed by atoms with Crippen molar-refractivity contribution in [2.75, 3.05) is 5.32 Å². The second-order valence-electron chi connectivity index (χ2n) is 6.82. The van der Waals surface area contributed by atoms with Crippen molar-refractivity contribution >= 4 is 5.69 Å². The summed E-state index contributed by atoms with van der Waals surface area (Å²) in [7, 11) is 0. The Labute approximate surface area is 110 Å². The van der Waals surface area contributed by atoms with Crippen LogP contribution >= 0.6 is 0 Å². The molecule has 0 amide bonds. The van der Waals surface area contributed by atoms with E-state index in [2.05, 4.69) is 62.5 Å². The predicted octanol–water partition coefficient (Wildman–Crippen LogP) is 4.36. The number of benzene rings is 1. The Morgan fingerprint density at radius 3 is 2.44 bits per heavy atom. The average molecular weight is 241 g/mol. The van der Waals surface area contributed by atoms with Crippen LogP contribution in [0.25, 0.3) is 0 Å². The summed E-state index contributed by atoms with van der Waals surface area (Å²) >= 11 is 0. The van der Waals surface area contributed by atoms with Gasteiger partial charge in [-0.05, 0) is 41.9 Å². The maximum absolute atomic E-state index is 3.68. The van der Waals surface area contributed by atoms with Gasteiger partial charge in [-0.3, -0.25) is 0 Å². The smallest absolute Gasteiger partial charge is 0.0342 e. The number of allylic oxidation sites excluding steroid dienone is 1. The number of fused-ring (bicyclic) bond motifs is 1. The zero-order chi connectivity index (χ0) is 12.8. The van der Waals surface area contributed by atoms with Crippen molar-refractivity contribution in [3.63, 3.8) is 0 Å². The molecule has 96 valence electrons. The normalized spacial score (nSPS) is 29.8. The molecule has 1 saturated carbocycles. The monoisotopic (exact) mass is 241 g/mol. The molecule has 0 radical (unpaired) electrons. The first-order valence-electron chi connectivity index (χ1n) is 7.08. The van der Waals surface area contributed by atoms with Gasteiger partial charge in [-0.2, -0.15) is 0 Å². The molecule has 1 nitrogen and oxygen atoms in total.